The van der Waals surface area contributed by atoms with Crippen molar-refractivity contribution in [3.8, 4) is 5.88 Å². The molecule has 0 spiro atoms. The molecule has 90 valence electrons. The molecule has 1 aromatic heterocycles. The van der Waals surface area contributed by atoms with Crippen molar-refractivity contribution in [2.45, 2.75) is 13.0 Å². The number of nitrogen functional groups attached to an aromatic ring is 1. The maximum atomic E-state index is 5.69. The molecule has 0 aliphatic carbocycles. The van der Waals surface area contributed by atoms with Gasteiger partial charge in [0.1, 0.15) is 5.82 Å². The first-order valence-electron chi connectivity index (χ1n) is 5.24. The molecule has 1 atom stereocenters. The van der Waals surface area contributed by atoms with Crippen molar-refractivity contribution in [3.05, 3.63) is 12.1 Å². The first-order valence-corrected chi connectivity index (χ1v) is 5.24. The number of nitrogens with one attached hydrogen (secondary N) is 1. The molecule has 3 N–H and O–H groups in total. The molecular weight excluding hydrogens is 204 g/mol. The van der Waals surface area contributed by atoms with Crippen LogP contribution in [0.4, 0.5) is 11.5 Å². The van der Waals surface area contributed by atoms with Gasteiger partial charge in [0, 0.05) is 12.6 Å². The Morgan fingerprint density at radius 3 is 2.75 bits per heavy atom. The zero-order valence-corrected chi connectivity index (χ0v) is 10.3. The lowest BCUT2D eigenvalue weighted by Gasteiger charge is -2.19. The molecule has 0 amide bonds. The molecule has 0 saturated heterocycles. The highest BCUT2D eigenvalue weighted by atomic mass is 16.5. The van der Waals surface area contributed by atoms with Crippen LogP contribution in [0.3, 0.4) is 0 Å². The average molecular weight is 224 g/mol. The minimum Gasteiger partial charge on any atom is -0.479 e. The fraction of sp³-hybridized carbons (Fsp3) is 0.545. The Bertz CT molecular complexity index is 341. The summed E-state index contributed by atoms with van der Waals surface area (Å²) in [4.78, 5) is 6.38. The Hall–Kier alpha value is -1.49. The van der Waals surface area contributed by atoms with E-state index in [1.54, 1.807) is 13.2 Å². The van der Waals surface area contributed by atoms with Crippen LogP contribution < -0.4 is 15.8 Å². The first kappa shape index (κ1) is 12.6. The monoisotopic (exact) mass is 224 g/mol. The molecule has 1 heterocycles. The number of likely N-dealkylation sites (N-methyl/N-ethyl adjacent to an activating group) is 1. The van der Waals surface area contributed by atoms with Gasteiger partial charge in [0.05, 0.1) is 12.8 Å². The molecule has 0 radical (unpaired) electrons. The van der Waals surface area contributed by atoms with Crippen molar-refractivity contribution in [3.63, 3.8) is 0 Å². The van der Waals surface area contributed by atoms with Gasteiger partial charge in [-0.25, -0.2) is 0 Å². The van der Waals surface area contributed by atoms with Gasteiger partial charge >= 0.3 is 0 Å². The summed E-state index contributed by atoms with van der Waals surface area (Å²) < 4.78 is 5.06. The average Bonchev–Trinajstić information content (AvgIpc) is 2.19. The highest BCUT2D eigenvalue weighted by molar-refractivity contribution is 5.53. The fourth-order valence-corrected chi connectivity index (χ4v) is 1.54. The predicted molar refractivity (Wildman–Crippen MR) is 66.8 cm³/mol. The van der Waals surface area contributed by atoms with Gasteiger partial charge in [-0.05, 0) is 33.2 Å². The summed E-state index contributed by atoms with van der Waals surface area (Å²) >= 11 is 0. The molecule has 1 rings (SSSR count). The molecule has 5 heteroatoms. The zero-order valence-electron chi connectivity index (χ0n) is 10.3. The fourth-order valence-electron chi connectivity index (χ4n) is 1.54. The summed E-state index contributed by atoms with van der Waals surface area (Å²) in [7, 11) is 5.63. The number of hydrogen-bond donors (Lipinski definition) is 2. The number of anilines is 2. The molecule has 0 aliphatic heterocycles. The second-order valence-corrected chi connectivity index (χ2v) is 4.10. The van der Waals surface area contributed by atoms with Crippen LogP contribution in [-0.2, 0) is 0 Å². The van der Waals surface area contributed by atoms with E-state index in [1.165, 1.54) is 0 Å². The van der Waals surface area contributed by atoms with Gasteiger partial charge in [0.25, 0.3) is 0 Å². The van der Waals surface area contributed by atoms with Gasteiger partial charge in [-0.1, -0.05) is 0 Å². The van der Waals surface area contributed by atoms with Crippen molar-refractivity contribution < 1.29 is 4.74 Å². The standard InChI is InChI=1S/C11H20N4O/c1-8(7-15(2)3)13-10-6-5-9(12)11(14-10)16-4/h5-6,8H,7,12H2,1-4H3,(H,13,14). The summed E-state index contributed by atoms with van der Waals surface area (Å²) in [6.07, 6.45) is 0. The number of methoxy groups -OCH3 is 1. The Kier molecular flexibility index (Phi) is 4.37. The Labute approximate surface area is 96.6 Å². The van der Waals surface area contributed by atoms with E-state index < -0.39 is 0 Å². The van der Waals surface area contributed by atoms with Crippen LogP contribution in [0.25, 0.3) is 0 Å². The van der Waals surface area contributed by atoms with Crippen LogP contribution in [0, 0.1) is 0 Å². The molecule has 0 bridgehead atoms. The maximum Gasteiger partial charge on any atom is 0.238 e. The van der Waals surface area contributed by atoms with Crippen molar-refractivity contribution in [1.82, 2.24) is 9.88 Å². The third-order valence-electron chi connectivity index (χ3n) is 2.12. The van der Waals surface area contributed by atoms with Gasteiger partial charge in [0.2, 0.25) is 5.88 Å². The van der Waals surface area contributed by atoms with Crippen LogP contribution in [0.1, 0.15) is 6.92 Å². The van der Waals surface area contributed by atoms with E-state index in [1.807, 2.05) is 20.2 Å². The Balaban J connectivity index is 2.67. The minimum absolute atomic E-state index is 0.316. The number of hydrogen-bond acceptors (Lipinski definition) is 5. The Morgan fingerprint density at radius 2 is 2.19 bits per heavy atom. The highest BCUT2D eigenvalue weighted by Gasteiger charge is 2.06. The van der Waals surface area contributed by atoms with Gasteiger partial charge in [-0.2, -0.15) is 4.98 Å². The number of rotatable bonds is 5. The molecule has 1 unspecified atom stereocenters. The van der Waals surface area contributed by atoms with Crippen LogP contribution >= 0.6 is 0 Å². The summed E-state index contributed by atoms with van der Waals surface area (Å²) in [6, 6.07) is 3.96. The maximum absolute atomic E-state index is 5.69. The molecule has 1 aromatic rings. The summed E-state index contributed by atoms with van der Waals surface area (Å²) in [6.45, 7) is 3.04. The van der Waals surface area contributed by atoms with Crippen LogP contribution in [0.15, 0.2) is 12.1 Å². The molecule has 0 aliphatic rings. The topological polar surface area (TPSA) is 63.4 Å². The van der Waals surface area contributed by atoms with Gasteiger partial charge in [-0.15, -0.1) is 0 Å². The smallest absolute Gasteiger partial charge is 0.238 e. The summed E-state index contributed by atoms with van der Waals surface area (Å²) in [5.74, 6) is 1.24. The third kappa shape index (κ3) is 3.58. The number of nitrogens with zero attached hydrogens (tertiary/aromatic N) is 2. The van der Waals surface area contributed by atoms with E-state index in [0.29, 0.717) is 17.6 Å². The van der Waals surface area contributed by atoms with Crippen LogP contribution in [-0.4, -0.2) is 43.7 Å². The zero-order chi connectivity index (χ0) is 12.1. The lowest BCUT2D eigenvalue weighted by atomic mass is 10.3. The molecule has 16 heavy (non-hydrogen) atoms. The van der Waals surface area contributed by atoms with Crippen molar-refractivity contribution in [1.29, 1.82) is 0 Å². The van der Waals surface area contributed by atoms with Gasteiger partial charge in [0.15, 0.2) is 0 Å². The van der Waals surface area contributed by atoms with E-state index >= 15 is 0 Å². The van der Waals surface area contributed by atoms with E-state index in [-0.39, 0.29) is 0 Å². The lowest BCUT2D eigenvalue weighted by Crippen LogP contribution is -2.29. The van der Waals surface area contributed by atoms with Crippen molar-refractivity contribution >= 4 is 11.5 Å². The number of pyridine rings is 1. The predicted octanol–water partition coefficient (Wildman–Crippen LogP) is 1.03. The molecule has 0 aromatic carbocycles. The first-order chi connectivity index (χ1) is 7.52. The van der Waals surface area contributed by atoms with E-state index in [9.17, 15) is 0 Å². The molecular formula is C11H20N4O. The summed E-state index contributed by atoms with van der Waals surface area (Å²) in [5, 5.41) is 3.29. The number of nitrogens with two attached hydrogens (primary N) is 1. The minimum atomic E-state index is 0.316. The van der Waals surface area contributed by atoms with Crippen LogP contribution in [0.5, 0.6) is 5.88 Å². The van der Waals surface area contributed by atoms with Gasteiger partial charge < -0.3 is 20.7 Å². The van der Waals surface area contributed by atoms with Crippen molar-refractivity contribution in [2.75, 3.05) is 38.8 Å². The molecule has 5 nitrogen and oxygen atoms in total. The second-order valence-electron chi connectivity index (χ2n) is 4.10. The highest BCUT2D eigenvalue weighted by Crippen LogP contribution is 2.20. The quantitative estimate of drug-likeness (QED) is 0.782. The van der Waals surface area contributed by atoms with Crippen molar-refractivity contribution in [2.24, 2.45) is 0 Å². The Morgan fingerprint density at radius 1 is 1.50 bits per heavy atom. The largest absolute Gasteiger partial charge is 0.479 e. The van der Waals surface area contributed by atoms with E-state index in [0.717, 1.165) is 12.4 Å². The van der Waals surface area contributed by atoms with Crippen LogP contribution in [0.2, 0.25) is 0 Å². The molecule has 0 fully saturated rings. The van der Waals surface area contributed by atoms with E-state index in [4.69, 9.17) is 10.5 Å². The SMILES string of the molecule is COc1nc(NC(C)CN(C)C)ccc1N. The lowest BCUT2D eigenvalue weighted by molar-refractivity contribution is 0.389. The second kappa shape index (κ2) is 5.55. The number of aromatic nitrogens is 1. The van der Waals surface area contributed by atoms with E-state index in [2.05, 4.69) is 22.1 Å². The van der Waals surface area contributed by atoms with Gasteiger partial charge in [-0.3, -0.25) is 0 Å². The normalized spacial score (nSPS) is 12.6. The molecule has 0 saturated carbocycles. The third-order valence-corrected chi connectivity index (χ3v) is 2.12. The number of ether oxygens (including phenoxy) is 1. The summed E-state index contributed by atoms with van der Waals surface area (Å²) in [5.41, 5.74) is 6.24.